The number of nitrogens with zero attached hydrogens (tertiary/aromatic N) is 1. The molecule has 3 nitrogen and oxygen atoms in total. The third-order valence-electron chi connectivity index (χ3n) is 5.73. The van der Waals surface area contributed by atoms with E-state index in [1.165, 1.54) is 56.1 Å². The summed E-state index contributed by atoms with van der Waals surface area (Å²) in [5.41, 5.74) is 3.87. The van der Waals surface area contributed by atoms with Gasteiger partial charge < -0.3 is 9.84 Å². The Bertz CT molecular complexity index is 686. The van der Waals surface area contributed by atoms with E-state index in [9.17, 15) is 0 Å². The first-order valence-corrected chi connectivity index (χ1v) is 9.62. The van der Waals surface area contributed by atoms with Crippen molar-refractivity contribution in [3.63, 3.8) is 0 Å². The van der Waals surface area contributed by atoms with Gasteiger partial charge in [0.25, 0.3) is 0 Å². The highest BCUT2D eigenvalue weighted by molar-refractivity contribution is 6.30. The number of halogens is 1. The zero-order valence-electron chi connectivity index (χ0n) is 14.1. The average Bonchev–Trinajstić information content (AvgIpc) is 3.05. The largest absolute Gasteiger partial charge is 0.361 e. The Morgan fingerprint density at radius 3 is 2.54 bits per heavy atom. The quantitative estimate of drug-likeness (QED) is 0.832. The molecule has 2 aliphatic rings. The number of nitrogens with one attached hydrogen (secondary N) is 1. The number of fused-ring (bicyclic) bond motifs is 1. The summed E-state index contributed by atoms with van der Waals surface area (Å²) in [4.78, 5) is 0. The van der Waals surface area contributed by atoms with Gasteiger partial charge in [-0.3, -0.25) is 0 Å². The molecule has 4 heteroatoms. The molecule has 1 fully saturated rings. The summed E-state index contributed by atoms with van der Waals surface area (Å²) in [6.07, 6.45) is 10.9. The van der Waals surface area contributed by atoms with E-state index in [0.717, 1.165) is 35.9 Å². The van der Waals surface area contributed by atoms with Crippen LogP contribution in [0, 0.1) is 0 Å². The lowest BCUT2D eigenvalue weighted by atomic mass is 9.76. The van der Waals surface area contributed by atoms with Gasteiger partial charge in [-0.2, -0.15) is 0 Å². The van der Waals surface area contributed by atoms with Crippen molar-refractivity contribution in [2.75, 3.05) is 0 Å². The molecule has 0 saturated heterocycles. The molecular formula is C20H25ClN2O. The van der Waals surface area contributed by atoms with Gasteiger partial charge in [-0.05, 0) is 49.8 Å². The minimum Gasteiger partial charge on any atom is -0.361 e. The van der Waals surface area contributed by atoms with Crippen LogP contribution in [0.2, 0.25) is 5.02 Å². The zero-order valence-corrected chi connectivity index (χ0v) is 14.9. The minimum atomic E-state index is 0.0450. The second kappa shape index (κ2) is 6.89. The van der Waals surface area contributed by atoms with Crippen molar-refractivity contribution in [2.45, 2.75) is 69.9 Å². The van der Waals surface area contributed by atoms with Crippen molar-refractivity contribution >= 4 is 11.6 Å². The Morgan fingerprint density at radius 2 is 1.75 bits per heavy atom. The van der Waals surface area contributed by atoms with Gasteiger partial charge in [-0.15, -0.1) is 0 Å². The maximum atomic E-state index is 6.09. The first kappa shape index (κ1) is 16.2. The van der Waals surface area contributed by atoms with Gasteiger partial charge >= 0.3 is 0 Å². The van der Waals surface area contributed by atoms with Gasteiger partial charge in [0.05, 0.1) is 0 Å². The van der Waals surface area contributed by atoms with Crippen molar-refractivity contribution in [3.8, 4) is 0 Å². The molecule has 0 bridgehead atoms. The fraction of sp³-hybridized carbons (Fsp3) is 0.550. The zero-order chi connectivity index (χ0) is 16.4. The van der Waals surface area contributed by atoms with Gasteiger partial charge in [0.15, 0.2) is 0 Å². The van der Waals surface area contributed by atoms with Gasteiger partial charge in [0.2, 0.25) is 0 Å². The Labute approximate surface area is 148 Å². The maximum absolute atomic E-state index is 6.09. The lowest BCUT2D eigenvalue weighted by Crippen LogP contribution is -2.43. The van der Waals surface area contributed by atoms with Crippen LogP contribution < -0.4 is 5.32 Å². The molecule has 0 spiro atoms. The second-order valence-corrected chi connectivity index (χ2v) is 7.68. The highest BCUT2D eigenvalue weighted by atomic mass is 35.5. The monoisotopic (exact) mass is 344 g/mol. The van der Waals surface area contributed by atoms with Crippen molar-refractivity contribution in [1.29, 1.82) is 0 Å². The average molecular weight is 345 g/mol. The van der Waals surface area contributed by atoms with E-state index < -0.39 is 0 Å². The summed E-state index contributed by atoms with van der Waals surface area (Å²) in [5.74, 6) is 1.11. The van der Waals surface area contributed by atoms with Gasteiger partial charge in [-0.25, -0.2) is 0 Å². The van der Waals surface area contributed by atoms with Crippen LogP contribution in [0.3, 0.4) is 0 Å². The summed E-state index contributed by atoms with van der Waals surface area (Å²) in [6, 6.07) is 8.37. The summed E-state index contributed by atoms with van der Waals surface area (Å²) in [6.45, 7) is 0.793. The molecule has 0 unspecified atom stereocenters. The molecule has 0 atom stereocenters. The van der Waals surface area contributed by atoms with E-state index >= 15 is 0 Å². The summed E-state index contributed by atoms with van der Waals surface area (Å²) >= 11 is 6.09. The maximum Gasteiger partial charge on any atom is 0.140 e. The highest BCUT2D eigenvalue weighted by Crippen LogP contribution is 2.38. The molecule has 0 amide bonds. The third-order valence-corrected chi connectivity index (χ3v) is 5.98. The molecule has 4 rings (SSSR count). The van der Waals surface area contributed by atoms with Crippen LogP contribution in [0.1, 0.15) is 67.5 Å². The van der Waals surface area contributed by atoms with Crippen LogP contribution in [0.5, 0.6) is 0 Å². The molecule has 0 aliphatic heterocycles. The van der Waals surface area contributed by atoms with Crippen molar-refractivity contribution < 1.29 is 4.52 Å². The van der Waals surface area contributed by atoms with Gasteiger partial charge in [0, 0.05) is 29.1 Å². The number of aromatic nitrogens is 1. The van der Waals surface area contributed by atoms with Gasteiger partial charge in [0.1, 0.15) is 11.5 Å². The number of benzene rings is 1. The normalized spacial score (nSPS) is 19.9. The summed E-state index contributed by atoms with van der Waals surface area (Å²) < 4.78 is 5.57. The first-order chi connectivity index (χ1) is 11.8. The fourth-order valence-corrected chi connectivity index (χ4v) is 4.46. The van der Waals surface area contributed by atoms with Crippen molar-refractivity contribution in [2.24, 2.45) is 0 Å². The van der Waals surface area contributed by atoms with E-state index in [0.29, 0.717) is 0 Å². The molecule has 1 aromatic carbocycles. The van der Waals surface area contributed by atoms with E-state index in [2.05, 4.69) is 22.6 Å². The number of rotatable bonds is 4. The van der Waals surface area contributed by atoms with E-state index in [4.69, 9.17) is 16.1 Å². The fourth-order valence-electron chi connectivity index (χ4n) is 4.33. The van der Waals surface area contributed by atoms with E-state index in [-0.39, 0.29) is 5.54 Å². The standard InChI is InChI=1S/C20H25ClN2O/c21-16-10-8-15(9-11-16)20(12-4-1-5-13-20)22-14-18-17-6-2-3-7-19(17)24-23-18/h8-11,22H,1-7,12-14H2. The Kier molecular flexibility index (Phi) is 4.64. The molecular weight excluding hydrogens is 320 g/mol. The van der Waals surface area contributed by atoms with Crippen LogP contribution in [0.15, 0.2) is 28.8 Å². The molecule has 1 heterocycles. The molecule has 1 saturated carbocycles. The summed E-state index contributed by atoms with van der Waals surface area (Å²) in [5, 5.41) is 9.02. The minimum absolute atomic E-state index is 0.0450. The van der Waals surface area contributed by atoms with Crippen molar-refractivity contribution in [1.82, 2.24) is 10.5 Å². The highest BCUT2D eigenvalue weighted by Gasteiger charge is 2.34. The number of aryl methyl sites for hydroxylation is 1. The van der Waals surface area contributed by atoms with E-state index in [1.807, 2.05) is 12.1 Å². The number of hydrogen-bond acceptors (Lipinski definition) is 3. The molecule has 0 radical (unpaired) electrons. The SMILES string of the molecule is Clc1ccc(C2(NCc3noc4c3CCCC4)CCCCC2)cc1. The van der Waals surface area contributed by atoms with Crippen LogP contribution in [-0.2, 0) is 24.9 Å². The lowest BCUT2D eigenvalue weighted by Gasteiger charge is -2.39. The molecule has 1 N–H and O–H groups in total. The predicted octanol–water partition coefficient (Wildman–Crippen LogP) is 5.16. The first-order valence-electron chi connectivity index (χ1n) is 9.24. The molecule has 128 valence electrons. The topological polar surface area (TPSA) is 38.1 Å². The van der Waals surface area contributed by atoms with Crippen LogP contribution in [0.25, 0.3) is 0 Å². The van der Waals surface area contributed by atoms with Crippen molar-refractivity contribution in [3.05, 3.63) is 51.9 Å². The van der Waals surface area contributed by atoms with Crippen LogP contribution in [0.4, 0.5) is 0 Å². The van der Waals surface area contributed by atoms with Gasteiger partial charge in [-0.1, -0.05) is 48.2 Å². The van der Waals surface area contributed by atoms with Crippen LogP contribution >= 0.6 is 11.6 Å². The predicted molar refractivity (Wildman–Crippen MR) is 96.2 cm³/mol. The van der Waals surface area contributed by atoms with E-state index in [1.54, 1.807) is 0 Å². The Morgan fingerprint density at radius 1 is 1.00 bits per heavy atom. The molecule has 24 heavy (non-hydrogen) atoms. The second-order valence-electron chi connectivity index (χ2n) is 7.24. The van der Waals surface area contributed by atoms with Crippen LogP contribution in [-0.4, -0.2) is 5.16 Å². The molecule has 2 aliphatic carbocycles. The number of hydrogen-bond donors (Lipinski definition) is 1. The smallest absolute Gasteiger partial charge is 0.140 e. The summed E-state index contributed by atoms with van der Waals surface area (Å²) in [7, 11) is 0. The molecule has 1 aromatic heterocycles. The molecule has 2 aromatic rings. The Balaban J connectivity index is 1.56. The third kappa shape index (κ3) is 3.12. The lowest BCUT2D eigenvalue weighted by molar-refractivity contribution is 0.228. The Hall–Kier alpha value is -1.32.